The normalized spacial score (nSPS) is 16.9. The average Bonchev–Trinajstić information content (AvgIpc) is 3.24. The number of nitrogens with one attached hydrogen (secondary N) is 2. The lowest BCUT2D eigenvalue weighted by Gasteiger charge is -2.19. The minimum atomic E-state index is -0.432. The summed E-state index contributed by atoms with van der Waals surface area (Å²) in [5.74, 6) is 0.283. The Balaban J connectivity index is 1.49. The number of rotatable bonds is 5. The molecule has 0 spiro atoms. The summed E-state index contributed by atoms with van der Waals surface area (Å²) in [4.78, 5) is 18.3. The second-order valence-electron chi connectivity index (χ2n) is 5.85. The number of anilines is 1. The Morgan fingerprint density at radius 3 is 3.08 bits per heavy atom. The largest absolute Gasteiger partial charge is 0.369 e. The molecule has 0 saturated carbocycles. The van der Waals surface area contributed by atoms with Gasteiger partial charge in [0.25, 0.3) is 0 Å². The van der Waals surface area contributed by atoms with Crippen molar-refractivity contribution in [3.8, 4) is 0 Å². The fraction of sp³-hybridized carbons (Fsp3) is 0.438. The van der Waals surface area contributed by atoms with Crippen molar-refractivity contribution in [1.82, 2.24) is 25.4 Å². The van der Waals surface area contributed by atoms with E-state index in [4.69, 9.17) is 11.6 Å². The number of nitrogens with zero attached hydrogens (tertiary/aromatic N) is 4. The van der Waals surface area contributed by atoms with Crippen LogP contribution in [0.1, 0.15) is 19.2 Å². The number of carbonyl (C=O) groups is 1. The molecule has 1 aromatic heterocycles. The van der Waals surface area contributed by atoms with Crippen molar-refractivity contribution in [3.05, 3.63) is 41.2 Å². The van der Waals surface area contributed by atoms with Gasteiger partial charge in [0.05, 0.1) is 11.6 Å². The molecule has 1 aromatic carbocycles. The third kappa shape index (κ3) is 4.19. The van der Waals surface area contributed by atoms with E-state index < -0.39 is 5.82 Å². The molecule has 0 radical (unpaired) electrons. The van der Waals surface area contributed by atoms with E-state index in [-0.39, 0.29) is 17.1 Å². The van der Waals surface area contributed by atoms with Crippen LogP contribution in [0.25, 0.3) is 0 Å². The summed E-state index contributed by atoms with van der Waals surface area (Å²) < 4.78 is 15.0. The minimum Gasteiger partial charge on any atom is -0.369 e. The van der Waals surface area contributed by atoms with Gasteiger partial charge in [0.2, 0.25) is 0 Å². The van der Waals surface area contributed by atoms with Crippen molar-refractivity contribution in [3.63, 3.8) is 0 Å². The number of carbonyl (C=O) groups excluding carboxylic acids is 1. The standard InChI is InChI=1S/C16H20ClFN6O/c1-2-24-15(20-10-21-24)8-19-16(25)22-11-5-6-23(9-11)12-3-4-14(18)13(17)7-12/h3-4,7,10-11H,2,5-6,8-9H2,1H3,(H2,19,22,25). The van der Waals surface area contributed by atoms with Crippen molar-refractivity contribution in [2.75, 3.05) is 18.0 Å². The molecule has 25 heavy (non-hydrogen) atoms. The molecule has 0 bridgehead atoms. The molecule has 2 heterocycles. The number of hydrogen-bond donors (Lipinski definition) is 2. The number of urea groups is 1. The zero-order valence-electron chi connectivity index (χ0n) is 13.9. The predicted molar refractivity (Wildman–Crippen MR) is 93.1 cm³/mol. The summed E-state index contributed by atoms with van der Waals surface area (Å²) in [5, 5.41) is 9.91. The lowest BCUT2D eigenvalue weighted by Crippen LogP contribution is -2.43. The molecule has 1 saturated heterocycles. The first-order valence-electron chi connectivity index (χ1n) is 8.18. The highest BCUT2D eigenvalue weighted by molar-refractivity contribution is 6.31. The van der Waals surface area contributed by atoms with Gasteiger partial charge in [0, 0.05) is 31.4 Å². The van der Waals surface area contributed by atoms with Crippen LogP contribution in [0.15, 0.2) is 24.5 Å². The van der Waals surface area contributed by atoms with Crippen molar-refractivity contribution in [2.24, 2.45) is 0 Å². The maximum absolute atomic E-state index is 13.3. The van der Waals surface area contributed by atoms with E-state index in [0.717, 1.165) is 18.7 Å². The average molecular weight is 367 g/mol. The van der Waals surface area contributed by atoms with Crippen molar-refractivity contribution in [1.29, 1.82) is 0 Å². The molecule has 9 heteroatoms. The Morgan fingerprint density at radius 1 is 1.48 bits per heavy atom. The first-order chi connectivity index (χ1) is 12.1. The highest BCUT2D eigenvalue weighted by Gasteiger charge is 2.24. The monoisotopic (exact) mass is 366 g/mol. The van der Waals surface area contributed by atoms with Gasteiger partial charge in [0.1, 0.15) is 18.0 Å². The van der Waals surface area contributed by atoms with Gasteiger partial charge in [-0.1, -0.05) is 11.6 Å². The Bertz CT molecular complexity index is 752. The zero-order chi connectivity index (χ0) is 17.8. The SMILES string of the molecule is CCn1ncnc1CNC(=O)NC1CCN(c2ccc(F)c(Cl)c2)C1. The van der Waals surface area contributed by atoms with Gasteiger partial charge < -0.3 is 15.5 Å². The molecule has 1 fully saturated rings. The van der Waals surface area contributed by atoms with E-state index >= 15 is 0 Å². The highest BCUT2D eigenvalue weighted by Crippen LogP contribution is 2.25. The highest BCUT2D eigenvalue weighted by atomic mass is 35.5. The first kappa shape index (κ1) is 17.5. The van der Waals surface area contributed by atoms with Crippen molar-refractivity contribution < 1.29 is 9.18 Å². The van der Waals surface area contributed by atoms with E-state index in [1.807, 2.05) is 6.92 Å². The second-order valence-corrected chi connectivity index (χ2v) is 6.26. The quantitative estimate of drug-likeness (QED) is 0.850. The van der Waals surface area contributed by atoms with E-state index in [0.29, 0.717) is 25.5 Å². The number of amides is 2. The molecule has 2 amide bonds. The van der Waals surface area contributed by atoms with Crippen LogP contribution >= 0.6 is 11.6 Å². The van der Waals surface area contributed by atoms with Crippen molar-refractivity contribution in [2.45, 2.75) is 32.5 Å². The Kier molecular flexibility index (Phi) is 5.37. The van der Waals surface area contributed by atoms with Crippen LogP contribution < -0.4 is 15.5 Å². The van der Waals surface area contributed by atoms with Gasteiger partial charge in [-0.3, -0.25) is 0 Å². The van der Waals surface area contributed by atoms with Gasteiger partial charge in [-0.2, -0.15) is 5.10 Å². The van der Waals surface area contributed by atoms with E-state index in [2.05, 4.69) is 25.6 Å². The number of aromatic nitrogens is 3. The molecular weight excluding hydrogens is 347 g/mol. The lowest BCUT2D eigenvalue weighted by molar-refractivity contribution is 0.237. The van der Waals surface area contributed by atoms with Crippen molar-refractivity contribution >= 4 is 23.3 Å². The third-order valence-corrected chi connectivity index (χ3v) is 4.48. The smallest absolute Gasteiger partial charge is 0.315 e. The molecular formula is C16H20ClFN6O. The Labute approximate surface area is 150 Å². The van der Waals surface area contributed by atoms with Gasteiger partial charge in [-0.15, -0.1) is 0 Å². The minimum absolute atomic E-state index is 0.0212. The van der Waals surface area contributed by atoms with E-state index in [1.54, 1.807) is 16.8 Å². The van der Waals surface area contributed by atoms with Gasteiger partial charge >= 0.3 is 6.03 Å². The van der Waals surface area contributed by atoms with Gasteiger partial charge in [-0.05, 0) is 31.5 Å². The Morgan fingerprint density at radius 2 is 2.32 bits per heavy atom. The lowest BCUT2D eigenvalue weighted by atomic mass is 10.2. The Hall–Kier alpha value is -2.35. The summed E-state index contributed by atoms with van der Waals surface area (Å²) in [7, 11) is 0. The van der Waals surface area contributed by atoms with Crippen LogP contribution in [-0.2, 0) is 13.1 Å². The molecule has 134 valence electrons. The summed E-state index contributed by atoms with van der Waals surface area (Å²) in [5.41, 5.74) is 0.854. The fourth-order valence-electron chi connectivity index (χ4n) is 2.88. The number of benzene rings is 1. The number of aryl methyl sites for hydroxylation is 1. The summed E-state index contributed by atoms with van der Waals surface area (Å²) in [6.45, 7) is 4.42. The molecule has 2 aromatic rings. The molecule has 1 aliphatic heterocycles. The molecule has 3 rings (SSSR count). The fourth-order valence-corrected chi connectivity index (χ4v) is 3.05. The molecule has 1 aliphatic rings. The van der Waals surface area contributed by atoms with Crippen LogP contribution in [0.3, 0.4) is 0 Å². The van der Waals surface area contributed by atoms with Crippen LogP contribution in [0, 0.1) is 5.82 Å². The third-order valence-electron chi connectivity index (χ3n) is 4.19. The summed E-state index contributed by atoms with van der Waals surface area (Å²) in [6.07, 6.45) is 2.29. The van der Waals surface area contributed by atoms with Crippen LogP contribution in [0.4, 0.5) is 14.9 Å². The van der Waals surface area contributed by atoms with E-state index in [1.165, 1.54) is 12.4 Å². The van der Waals surface area contributed by atoms with Gasteiger partial charge in [-0.25, -0.2) is 18.9 Å². The van der Waals surface area contributed by atoms with Gasteiger partial charge in [0.15, 0.2) is 0 Å². The van der Waals surface area contributed by atoms with Crippen LogP contribution in [-0.4, -0.2) is 39.9 Å². The number of halogens is 2. The summed E-state index contributed by atoms with van der Waals surface area (Å²) >= 11 is 5.83. The zero-order valence-corrected chi connectivity index (χ0v) is 14.6. The maximum atomic E-state index is 13.3. The number of hydrogen-bond acceptors (Lipinski definition) is 4. The predicted octanol–water partition coefficient (Wildman–Crippen LogP) is 2.17. The molecule has 2 N–H and O–H groups in total. The molecule has 0 aliphatic carbocycles. The topological polar surface area (TPSA) is 75.1 Å². The second kappa shape index (κ2) is 7.69. The van der Waals surface area contributed by atoms with Crippen LogP contribution in [0.5, 0.6) is 0 Å². The summed E-state index contributed by atoms with van der Waals surface area (Å²) in [6, 6.07) is 4.44. The van der Waals surface area contributed by atoms with E-state index in [9.17, 15) is 9.18 Å². The first-order valence-corrected chi connectivity index (χ1v) is 8.55. The van der Waals surface area contributed by atoms with Crippen LogP contribution in [0.2, 0.25) is 5.02 Å². The molecule has 1 unspecified atom stereocenters. The molecule has 1 atom stereocenters. The molecule has 7 nitrogen and oxygen atoms in total. The maximum Gasteiger partial charge on any atom is 0.315 e.